The minimum absolute atomic E-state index is 0. The first-order valence-corrected chi connectivity index (χ1v) is 3.02. The molecule has 3 nitrogen and oxygen atoms in total. The number of nitrogens with one attached hydrogen (secondary N) is 1. The topological polar surface area (TPSA) is 55.1 Å². The molecule has 56 valence electrons. The molecule has 1 amide bonds. The third kappa shape index (κ3) is 8.07. The molecule has 0 aromatic heterocycles. The number of halogens is 1. The quantitative estimate of drug-likeness (QED) is 0.497. The third-order valence-electron chi connectivity index (χ3n) is 0.619. The molecule has 0 saturated heterocycles. The van der Waals surface area contributed by atoms with Crippen molar-refractivity contribution in [3.05, 3.63) is 0 Å². The van der Waals surface area contributed by atoms with E-state index in [1.165, 1.54) is 0 Å². The Hall–Kier alpha value is 0.0700. The number of amides is 1. The molecule has 0 aromatic carbocycles. The van der Waals surface area contributed by atoms with Crippen molar-refractivity contribution < 1.29 is 4.79 Å². The van der Waals surface area contributed by atoms with Gasteiger partial charge in [0.1, 0.15) is 0 Å². The Labute approximate surface area is 66.2 Å². The average Bonchev–Trinajstić information content (AvgIpc) is 1.83. The monoisotopic (exact) mass is 170 g/mol. The molecule has 0 fully saturated rings. The van der Waals surface area contributed by atoms with Crippen LogP contribution in [0.4, 0.5) is 0 Å². The van der Waals surface area contributed by atoms with E-state index >= 15 is 0 Å². The van der Waals surface area contributed by atoms with Crippen molar-refractivity contribution in [1.29, 1.82) is 0 Å². The van der Waals surface area contributed by atoms with Crippen molar-refractivity contribution >= 4 is 30.9 Å². The third-order valence-corrected chi connectivity index (χ3v) is 0.843. The van der Waals surface area contributed by atoms with Crippen LogP contribution in [0.3, 0.4) is 0 Å². The Morgan fingerprint density at radius 3 is 2.56 bits per heavy atom. The van der Waals surface area contributed by atoms with Gasteiger partial charge in [0.15, 0.2) is 0 Å². The molecule has 0 spiro atoms. The van der Waals surface area contributed by atoms with E-state index in [2.05, 4.69) is 17.9 Å². The van der Waals surface area contributed by atoms with E-state index in [1.807, 2.05) is 0 Å². The molecular formula is C4H11ClN2OS. The highest BCUT2D eigenvalue weighted by molar-refractivity contribution is 7.80. The van der Waals surface area contributed by atoms with Crippen LogP contribution in [0, 0.1) is 0 Å². The lowest BCUT2D eigenvalue weighted by atomic mass is 10.6. The molecule has 0 aliphatic heterocycles. The lowest BCUT2D eigenvalue weighted by molar-refractivity contribution is -0.119. The Morgan fingerprint density at radius 2 is 2.22 bits per heavy atom. The molecule has 5 heteroatoms. The maximum absolute atomic E-state index is 10.3. The molecule has 0 atom stereocenters. The predicted octanol–water partition coefficient (Wildman–Crippen LogP) is -0.587. The fourth-order valence-corrected chi connectivity index (χ4v) is 0.379. The van der Waals surface area contributed by atoms with E-state index in [0.29, 0.717) is 12.3 Å². The van der Waals surface area contributed by atoms with Crippen LogP contribution >= 0.6 is 25.0 Å². The summed E-state index contributed by atoms with van der Waals surface area (Å²) in [6, 6.07) is 0. The molecule has 9 heavy (non-hydrogen) atoms. The highest BCUT2D eigenvalue weighted by atomic mass is 35.5. The molecule has 0 aliphatic carbocycles. The summed E-state index contributed by atoms with van der Waals surface area (Å²) in [6.07, 6.45) is 0. The summed E-state index contributed by atoms with van der Waals surface area (Å²) in [5.41, 5.74) is 4.98. The minimum Gasteiger partial charge on any atom is -0.354 e. The first-order valence-electron chi connectivity index (χ1n) is 2.39. The molecule has 0 bridgehead atoms. The summed E-state index contributed by atoms with van der Waals surface area (Å²) < 4.78 is 0. The van der Waals surface area contributed by atoms with Gasteiger partial charge in [-0.15, -0.1) is 12.4 Å². The lowest BCUT2D eigenvalue weighted by Crippen LogP contribution is -2.31. The van der Waals surface area contributed by atoms with Crippen LogP contribution in [0.25, 0.3) is 0 Å². The van der Waals surface area contributed by atoms with E-state index in [0.717, 1.165) is 0 Å². The van der Waals surface area contributed by atoms with Crippen molar-refractivity contribution in [2.75, 3.05) is 18.8 Å². The molecule has 0 radical (unpaired) electrons. The van der Waals surface area contributed by atoms with Crippen LogP contribution in [-0.4, -0.2) is 24.7 Å². The van der Waals surface area contributed by atoms with Crippen molar-refractivity contribution in [1.82, 2.24) is 5.32 Å². The Balaban J connectivity index is 0. The van der Waals surface area contributed by atoms with Crippen LogP contribution in [0.15, 0.2) is 0 Å². The largest absolute Gasteiger partial charge is 0.354 e. The van der Waals surface area contributed by atoms with Crippen LogP contribution in [0.5, 0.6) is 0 Å². The van der Waals surface area contributed by atoms with Gasteiger partial charge in [-0.3, -0.25) is 4.79 Å². The van der Waals surface area contributed by atoms with Gasteiger partial charge in [-0.25, -0.2) is 0 Å². The number of rotatable bonds is 3. The minimum atomic E-state index is -0.126. The average molecular weight is 171 g/mol. The SMILES string of the molecule is Cl.NCC(=O)NCCS. The van der Waals surface area contributed by atoms with Gasteiger partial charge in [-0.05, 0) is 0 Å². The molecule has 3 N–H and O–H groups in total. The fourth-order valence-electron chi connectivity index (χ4n) is 0.267. The predicted molar refractivity (Wildman–Crippen MR) is 43.2 cm³/mol. The Morgan fingerprint density at radius 1 is 1.67 bits per heavy atom. The number of carbonyl (C=O) groups is 1. The van der Waals surface area contributed by atoms with Gasteiger partial charge in [0, 0.05) is 12.3 Å². The zero-order valence-corrected chi connectivity index (χ0v) is 6.67. The second kappa shape index (κ2) is 8.07. The number of hydrogen-bond acceptors (Lipinski definition) is 3. The number of nitrogens with two attached hydrogens (primary N) is 1. The molecular weight excluding hydrogens is 160 g/mol. The zero-order chi connectivity index (χ0) is 6.41. The molecule has 0 heterocycles. The highest BCUT2D eigenvalue weighted by Crippen LogP contribution is 1.67. The van der Waals surface area contributed by atoms with E-state index in [1.54, 1.807) is 0 Å². The van der Waals surface area contributed by atoms with Crippen molar-refractivity contribution in [2.45, 2.75) is 0 Å². The normalized spacial score (nSPS) is 7.78. The summed E-state index contributed by atoms with van der Waals surface area (Å²) in [4.78, 5) is 10.3. The molecule has 0 unspecified atom stereocenters. The van der Waals surface area contributed by atoms with Gasteiger partial charge in [-0.1, -0.05) is 0 Å². The molecule has 0 saturated carbocycles. The van der Waals surface area contributed by atoms with E-state index in [-0.39, 0.29) is 24.9 Å². The van der Waals surface area contributed by atoms with Gasteiger partial charge < -0.3 is 11.1 Å². The standard InChI is InChI=1S/C4H10N2OS.ClH/c5-3-4(7)6-1-2-8;/h8H,1-3,5H2,(H,6,7);1H. The Bertz CT molecular complexity index is 81.0. The summed E-state index contributed by atoms with van der Waals surface area (Å²) in [5, 5.41) is 2.54. The van der Waals surface area contributed by atoms with Gasteiger partial charge in [-0.2, -0.15) is 12.6 Å². The van der Waals surface area contributed by atoms with Crippen molar-refractivity contribution in [3.8, 4) is 0 Å². The van der Waals surface area contributed by atoms with E-state index in [9.17, 15) is 4.79 Å². The van der Waals surface area contributed by atoms with Gasteiger partial charge in [0.25, 0.3) is 0 Å². The van der Waals surface area contributed by atoms with Crippen molar-refractivity contribution in [2.24, 2.45) is 5.73 Å². The van der Waals surface area contributed by atoms with E-state index < -0.39 is 0 Å². The Kier molecular flexibility index (Phi) is 10.6. The maximum Gasteiger partial charge on any atom is 0.233 e. The number of thiol groups is 1. The summed E-state index contributed by atoms with van der Waals surface area (Å²) in [5.74, 6) is 0.533. The maximum atomic E-state index is 10.3. The zero-order valence-electron chi connectivity index (χ0n) is 4.96. The van der Waals surface area contributed by atoms with Crippen molar-refractivity contribution in [3.63, 3.8) is 0 Å². The summed E-state index contributed by atoms with van der Waals surface area (Å²) in [7, 11) is 0. The number of hydrogen-bond donors (Lipinski definition) is 3. The second-order valence-electron chi connectivity index (χ2n) is 1.28. The van der Waals surface area contributed by atoms with Crippen LogP contribution in [-0.2, 0) is 4.79 Å². The molecule has 0 aliphatic rings. The van der Waals surface area contributed by atoms with E-state index in [4.69, 9.17) is 5.73 Å². The molecule has 0 aromatic rings. The molecule has 0 rings (SSSR count). The second-order valence-corrected chi connectivity index (χ2v) is 1.72. The summed E-state index contributed by atoms with van der Waals surface area (Å²) >= 11 is 3.88. The first kappa shape index (κ1) is 11.8. The van der Waals surface area contributed by atoms with Gasteiger partial charge in [0.2, 0.25) is 5.91 Å². The smallest absolute Gasteiger partial charge is 0.233 e. The van der Waals surface area contributed by atoms with Gasteiger partial charge >= 0.3 is 0 Å². The van der Waals surface area contributed by atoms with Crippen LogP contribution < -0.4 is 11.1 Å². The van der Waals surface area contributed by atoms with Gasteiger partial charge in [0.05, 0.1) is 6.54 Å². The lowest BCUT2D eigenvalue weighted by Gasteiger charge is -1.96. The summed E-state index contributed by atoms with van der Waals surface area (Å²) in [6.45, 7) is 0.660. The number of carbonyl (C=O) groups excluding carboxylic acids is 1. The fraction of sp³-hybridized carbons (Fsp3) is 0.750. The van der Waals surface area contributed by atoms with Crippen LogP contribution in [0.1, 0.15) is 0 Å². The first-order chi connectivity index (χ1) is 3.81. The highest BCUT2D eigenvalue weighted by Gasteiger charge is 1.91. The van der Waals surface area contributed by atoms with Crippen LogP contribution in [0.2, 0.25) is 0 Å².